The first-order valence-electron chi connectivity index (χ1n) is 5.12. The van der Waals surface area contributed by atoms with Crippen LogP contribution in [0.3, 0.4) is 0 Å². The molecular weight excluding hydrogens is 234 g/mol. The maximum atomic E-state index is 11.6. The summed E-state index contributed by atoms with van der Waals surface area (Å²) in [6, 6.07) is 0. The van der Waals surface area contributed by atoms with Crippen LogP contribution in [0.15, 0.2) is 0 Å². The summed E-state index contributed by atoms with van der Waals surface area (Å²) in [6.45, 7) is -0.243. The van der Waals surface area contributed by atoms with Crippen LogP contribution >= 0.6 is 0 Å². The van der Waals surface area contributed by atoms with Gasteiger partial charge in [0.25, 0.3) is 0 Å². The van der Waals surface area contributed by atoms with Crippen LogP contribution in [0.2, 0.25) is 0 Å². The number of rotatable bonds is 5. The molecule has 0 radical (unpaired) electrons. The van der Waals surface area contributed by atoms with Crippen LogP contribution < -0.4 is 4.72 Å². The predicted octanol–water partition coefficient (Wildman–Crippen LogP) is -0.616. The number of sulfonamides is 1. The van der Waals surface area contributed by atoms with Crippen molar-refractivity contribution in [3.8, 4) is 0 Å². The molecule has 0 unspecified atom stereocenters. The lowest BCUT2D eigenvalue weighted by molar-refractivity contribution is -0.137. The molecule has 0 aromatic carbocycles. The average molecular weight is 251 g/mol. The number of esters is 1. The highest BCUT2D eigenvalue weighted by Crippen LogP contribution is 2.29. The molecule has 1 saturated carbocycles. The van der Waals surface area contributed by atoms with Crippen molar-refractivity contribution in [2.75, 3.05) is 19.5 Å². The number of carbonyl (C=O) groups excluding carboxylic acids is 1. The number of methoxy groups -OCH3 is 1. The van der Waals surface area contributed by atoms with Crippen molar-refractivity contribution in [2.45, 2.75) is 31.2 Å². The summed E-state index contributed by atoms with van der Waals surface area (Å²) < 4.78 is 29.9. The molecular formula is C9H17NO5S. The molecule has 0 atom stereocenters. The van der Waals surface area contributed by atoms with E-state index in [4.69, 9.17) is 0 Å². The van der Waals surface area contributed by atoms with Crippen LogP contribution in [-0.4, -0.2) is 44.5 Å². The Morgan fingerprint density at radius 1 is 1.44 bits per heavy atom. The monoisotopic (exact) mass is 251 g/mol. The minimum absolute atomic E-state index is 0.243. The molecule has 0 heterocycles. The minimum Gasteiger partial charge on any atom is -0.468 e. The van der Waals surface area contributed by atoms with E-state index < -0.39 is 27.3 Å². The standard InChI is InChI=1S/C9H17NO5S/c1-15-8(12)6-16(13,14)10-9(7-11)4-2-3-5-9/h10-11H,2-7H2,1H3. The van der Waals surface area contributed by atoms with Crippen molar-refractivity contribution in [2.24, 2.45) is 0 Å². The average Bonchev–Trinajstić information content (AvgIpc) is 2.65. The van der Waals surface area contributed by atoms with Gasteiger partial charge in [-0.25, -0.2) is 13.1 Å². The number of nitrogens with one attached hydrogen (secondary N) is 1. The fraction of sp³-hybridized carbons (Fsp3) is 0.889. The van der Waals surface area contributed by atoms with Gasteiger partial charge in [0.2, 0.25) is 10.0 Å². The Balaban J connectivity index is 2.67. The number of ether oxygens (including phenoxy) is 1. The first-order valence-corrected chi connectivity index (χ1v) is 6.78. The first kappa shape index (κ1) is 13.4. The Kier molecular flexibility index (Phi) is 4.28. The SMILES string of the molecule is COC(=O)CS(=O)(=O)NC1(CO)CCCC1. The van der Waals surface area contributed by atoms with Crippen LogP contribution in [0.4, 0.5) is 0 Å². The number of hydrogen-bond acceptors (Lipinski definition) is 5. The Labute approximate surface area is 95.0 Å². The molecule has 0 bridgehead atoms. The summed E-state index contributed by atoms with van der Waals surface area (Å²) in [5.74, 6) is -1.51. The molecule has 0 aliphatic heterocycles. The lowest BCUT2D eigenvalue weighted by atomic mass is 10.0. The number of hydrogen-bond donors (Lipinski definition) is 2. The van der Waals surface area contributed by atoms with Crippen molar-refractivity contribution in [1.29, 1.82) is 0 Å². The Bertz CT molecular complexity index is 345. The van der Waals surface area contributed by atoms with Gasteiger partial charge in [-0.05, 0) is 12.8 Å². The summed E-state index contributed by atoms with van der Waals surface area (Å²) in [7, 11) is -2.60. The van der Waals surface area contributed by atoms with E-state index in [1.54, 1.807) is 0 Å². The molecule has 1 aliphatic carbocycles. The van der Waals surface area contributed by atoms with E-state index in [1.165, 1.54) is 0 Å². The molecule has 16 heavy (non-hydrogen) atoms. The third-order valence-electron chi connectivity index (χ3n) is 2.77. The van der Waals surface area contributed by atoms with Crippen LogP contribution in [-0.2, 0) is 19.6 Å². The van der Waals surface area contributed by atoms with E-state index >= 15 is 0 Å². The highest BCUT2D eigenvalue weighted by Gasteiger charge is 2.37. The zero-order valence-corrected chi connectivity index (χ0v) is 10.0. The molecule has 0 aromatic heterocycles. The van der Waals surface area contributed by atoms with E-state index in [9.17, 15) is 18.3 Å². The summed E-state index contributed by atoms with van der Waals surface area (Å²) in [6.07, 6.45) is 2.95. The fourth-order valence-corrected chi connectivity index (χ4v) is 3.35. The van der Waals surface area contributed by atoms with Gasteiger partial charge < -0.3 is 9.84 Å². The van der Waals surface area contributed by atoms with Gasteiger partial charge in [-0.3, -0.25) is 4.79 Å². The third-order valence-corrected chi connectivity index (χ3v) is 4.13. The summed E-state index contributed by atoms with van der Waals surface area (Å²) >= 11 is 0. The molecule has 2 N–H and O–H groups in total. The second-order valence-corrected chi connectivity index (χ2v) is 5.81. The third kappa shape index (κ3) is 3.43. The Morgan fingerprint density at radius 2 is 2.00 bits per heavy atom. The highest BCUT2D eigenvalue weighted by molar-refractivity contribution is 7.90. The molecule has 1 fully saturated rings. The van der Waals surface area contributed by atoms with Crippen LogP contribution in [0.1, 0.15) is 25.7 Å². The molecule has 1 aliphatic rings. The second kappa shape index (κ2) is 5.11. The van der Waals surface area contributed by atoms with Crippen molar-refractivity contribution in [3.05, 3.63) is 0 Å². The van der Waals surface area contributed by atoms with E-state index in [0.29, 0.717) is 12.8 Å². The highest BCUT2D eigenvalue weighted by atomic mass is 32.2. The fourth-order valence-electron chi connectivity index (χ4n) is 1.92. The first-order chi connectivity index (χ1) is 7.43. The minimum atomic E-state index is -3.73. The quantitative estimate of drug-likeness (QED) is 0.635. The van der Waals surface area contributed by atoms with Crippen molar-refractivity contribution >= 4 is 16.0 Å². The molecule has 1 rings (SSSR count). The van der Waals surface area contributed by atoms with Gasteiger partial charge in [-0.2, -0.15) is 0 Å². The second-order valence-electron chi connectivity index (χ2n) is 4.08. The van der Waals surface area contributed by atoms with Gasteiger partial charge in [-0.15, -0.1) is 0 Å². The van der Waals surface area contributed by atoms with E-state index in [2.05, 4.69) is 9.46 Å². The molecule has 0 saturated heterocycles. The normalized spacial score (nSPS) is 19.6. The molecule has 94 valence electrons. The summed E-state index contributed by atoms with van der Waals surface area (Å²) in [4.78, 5) is 10.9. The zero-order chi connectivity index (χ0) is 12.2. The Morgan fingerprint density at radius 3 is 2.44 bits per heavy atom. The molecule has 0 aromatic rings. The van der Waals surface area contributed by atoms with Gasteiger partial charge in [0, 0.05) is 0 Å². The van der Waals surface area contributed by atoms with Crippen molar-refractivity contribution < 1.29 is 23.1 Å². The lowest BCUT2D eigenvalue weighted by Gasteiger charge is -2.27. The molecule has 0 spiro atoms. The van der Waals surface area contributed by atoms with Gasteiger partial charge in [0.1, 0.15) is 0 Å². The maximum Gasteiger partial charge on any atom is 0.322 e. The predicted molar refractivity (Wildman–Crippen MR) is 57.2 cm³/mol. The largest absolute Gasteiger partial charge is 0.468 e. The lowest BCUT2D eigenvalue weighted by Crippen LogP contribution is -2.50. The van der Waals surface area contributed by atoms with E-state index in [0.717, 1.165) is 20.0 Å². The van der Waals surface area contributed by atoms with Gasteiger partial charge in [0.15, 0.2) is 5.75 Å². The number of carbonyl (C=O) groups is 1. The van der Waals surface area contributed by atoms with Gasteiger partial charge in [0.05, 0.1) is 19.3 Å². The van der Waals surface area contributed by atoms with Crippen LogP contribution in [0.5, 0.6) is 0 Å². The zero-order valence-electron chi connectivity index (χ0n) is 9.23. The number of aliphatic hydroxyl groups excluding tert-OH is 1. The van der Waals surface area contributed by atoms with Crippen molar-refractivity contribution in [3.63, 3.8) is 0 Å². The van der Waals surface area contributed by atoms with E-state index in [-0.39, 0.29) is 6.61 Å². The molecule has 6 nitrogen and oxygen atoms in total. The maximum absolute atomic E-state index is 11.6. The van der Waals surface area contributed by atoms with Gasteiger partial charge >= 0.3 is 5.97 Å². The van der Waals surface area contributed by atoms with E-state index in [1.807, 2.05) is 0 Å². The van der Waals surface area contributed by atoms with Crippen LogP contribution in [0.25, 0.3) is 0 Å². The topological polar surface area (TPSA) is 92.7 Å². The molecule has 0 amide bonds. The number of aliphatic hydroxyl groups is 1. The molecule has 7 heteroatoms. The van der Waals surface area contributed by atoms with Crippen molar-refractivity contribution in [1.82, 2.24) is 4.72 Å². The van der Waals surface area contributed by atoms with Gasteiger partial charge in [-0.1, -0.05) is 12.8 Å². The summed E-state index contributed by atoms with van der Waals surface area (Å²) in [5, 5.41) is 9.23. The summed E-state index contributed by atoms with van der Waals surface area (Å²) in [5.41, 5.74) is -0.785. The van der Waals surface area contributed by atoms with Crippen LogP contribution in [0, 0.1) is 0 Å². The Hall–Kier alpha value is -0.660. The smallest absolute Gasteiger partial charge is 0.322 e.